The van der Waals surface area contributed by atoms with E-state index >= 15 is 0 Å². The Morgan fingerprint density at radius 2 is 1.86 bits per heavy atom. The average molecular weight is 314 g/mol. The zero-order chi connectivity index (χ0) is 15.5. The van der Waals surface area contributed by atoms with Gasteiger partial charge in [-0.15, -0.1) is 0 Å². The van der Waals surface area contributed by atoms with Crippen molar-refractivity contribution in [1.82, 2.24) is 9.97 Å². The number of benzene rings is 2. The number of ether oxygens (including phenoxy) is 1. The summed E-state index contributed by atoms with van der Waals surface area (Å²) in [7, 11) is 1.98. The molecule has 0 aliphatic carbocycles. The summed E-state index contributed by atoms with van der Waals surface area (Å²) in [5, 5.41) is 1.63. The van der Waals surface area contributed by atoms with Crippen LogP contribution in [0.3, 0.4) is 0 Å². The maximum atomic E-state index is 6.03. The Bertz CT molecular complexity index is 790. The lowest BCUT2D eigenvalue weighted by molar-refractivity contribution is 0.340. The molecular weight excluding hydrogens is 298 g/mol. The highest BCUT2D eigenvalue weighted by atomic mass is 35.5. The maximum absolute atomic E-state index is 6.03. The van der Waals surface area contributed by atoms with Crippen LogP contribution in [0.25, 0.3) is 10.9 Å². The molecule has 0 N–H and O–H groups in total. The number of nitrogens with zero attached hydrogens (tertiary/aromatic N) is 3. The van der Waals surface area contributed by atoms with E-state index in [0.29, 0.717) is 11.6 Å². The molecule has 0 atom stereocenters. The third kappa shape index (κ3) is 2.83. The molecule has 1 heterocycles. The molecule has 4 nitrogen and oxygen atoms in total. The SMILES string of the molecule is CCOc1ccc(N(C)c2ncnc3cc(Cl)ccc23)cc1. The Kier molecular flexibility index (Phi) is 4.11. The van der Waals surface area contributed by atoms with Crippen LogP contribution in [0, 0.1) is 0 Å². The third-order valence-electron chi connectivity index (χ3n) is 3.43. The van der Waals surface area contributed by atoms with E-state index in [2.05, 4.69) is 9.97 Å². The summed E-state index contributed by atoms with van der Waals surface area (Å²) >= 11 is 6.03. The average Bonchev–Trinajstić information content (AvgIpc) is 2.54. The highest BCUT2D eigenvalue weighted by molar-refractivity contribution is 6.31. The van der Waals surface area contributed by atoms with E-state index in [9.17, 15) is 0 Å². The van der Waals surface area contributed by atoms with Crippen LogP contribution in [-0.2, 0) is 0 Å². The predicted octanol–water partition coefficient (Wildman–Crippen LogP) is 4.45. The number of rotatable bonds is 4. The fourth-order valence-electron chi connectivity index (χ4n) is 2.34. The van der Waals surface area contributed by atoms with E-state index in [0.717, 1.165) is 28.2 Å². The fraction of sp³-hybridized carbons (Fsp3) is 0.176. The van der Waals surface area contributed by atoms with Gasteiger partial charge in [-0.2, -0.15) is 0 Å². The summed E-state index contributed by atoms with van der Waals surface area (Å²) in [6.07, 6.45) is 1.55. The molecule has 3 rings (SSSR count). The number of hydrogen-bond acceptors (Lipinski definition) is 4. The summed E-state index contributed by atoms with van der Waals surface area (Å²) in [6.45, 7) is 2.63. The van der Waals surface area contributed by atoms with Crippen LogP contribution in [0.2, 0.25) is 5.02 Å². The van der Waals surface area contributed by atoms with E-state index in [-0.39, 0.29) is 0 Å². The molecule has 0 saturated carbocycles. The van der Waals surface area contributed by atoms with Gasteiger partial charge in [0.15, 0.2) is 0 Å². The number of hydrogen-bond donors (Lipinski definition) is 0. The number of aromatic nitrogens is 2. The van der Waals surface area contributed by atoms with Crippen LogP contribution < -0.4 is 9.64 Å². The van der Waals surface area contributed by atoms with Crippen LogP contribution in [0.1, 0.15) is 6.92 Å². The minimum atomic E-state index is 0.659. The molecule has 0 unspecified atom stereocenters. The Labute approximate surface area is 134 Å². The topological polar surface area (TPSA) is 38.2 Å². The van der Waals surface area contributed by atoms with Gasteiger partial charge in [0, 0.05) is 23.1 Å². The second-order valence-electron chi connectivity index (χ2n) is 4.84. The van der Waals surface area contributed by atoms with Gasteiger partial charge in [0.1, 0.15) is 17.9 Å². The van der Waals surface area contributed by atoms with Gasteiger partial charge in [-0.3, -0.25) is 0 Å². The summed E-state index contributed by atoms with van der Waals surface area (Å²) in [5.74, 6) is 1.70. The first-order chi connectivity index (χ1) is 10.7. The van der Waals surface area contributed by atoms with Crippen LogP contribution in [0.15, 0.2) is 48.8 Å². The highest BCUT2D eigenvalue weighted by Crippen LogP contribution is 2.30. The normalized spacial score (nSPS) is 10.7. The van der Waals surface area contributed by atoms with Crippen molar-refractivity contribution in [2.75, 3.05) is 18.6 Å². The molecule has 0 bridgehead atoms. The zero-order valence-corrected chi connectivity index (χ0v) is 13.2. The van der Waals surface area contributed by atoms with Crippen molar-refractivity contribution in [2.24, 2.45) is 0 Å². The second kappa shape index (κ2) is 6.20. The van der Waals surface area contributed by atoms with E-state index in [1.165, 1.54) is 0 Å². The van der Waals surface area contributed by atoms with E-state index < -0.39 is 0 Å². The van der Waals surface area contributed by atoms with Crippen LogP contribution in [0.5, 0.6) is 5.75 Å². The molecule has 0 amide bonds. The quantitative estimate of drug-likeness (QED) is 0.713. The first kappa shape index (κ1) is 14.6. The molecule has 0 radical (unpaired) electrons. The number of halogens is 1. The zero-order valence-electron chi connectivity index (χ0n) is 12.5. The lowest BCUT2D eigenvalue weighted by atomic mass is 10.2. The number of anilines is 2. The summed E-state index contributed by atoms with van der Waals surface area (Å²) in [4.78, 5) is 10.7. The smallest absolute Gasteiger partial charge is 0.144 e. The Morgan fingerprint density at radius 1 is 1.09 bits per heavy atom. The fourth-order valence-corrected chi connectivity index (χ4v) is 2.50. The largest absolute Gasteiger partial charge is 0.494 e. The molecular formula is C17H16ClN3O. The van der Waals surface area contributed by atoms with Gasteiger partial charge in [-0.25, -0.2) is 9.97 Å². The van der Waals surface area contributed by atoms with E-state index in [4.69, 9.17) is 16.3 Å². The van der Waals surface area contributed by atoms with Gasteiger partial charge in [0.05, 0.1) is 12.1 Å². The van der Waals surface area contributed by atoms with Gasteiger partial charge in [0.2, 0.25) is 0 Å². The van der Waals surface area contributed by atoms with Gasteiger partial charge in [-0.1, -0.05) is 11.6 Å². The molecule has 0 fully saturated rings. The Hall–Kier alpha value is -2.33. The maximum Gasteiger partial charge on any atom is 0.144 e. The monoisotopic (exact) mass is 313 g/mol. The summed E-state index contributed by atoms with van der Waals surface area (Å²) in [6, 6.07) is 13.6. The lowest BCUT2D eigenvalue weighted by Crippen LogP contribution is -2.12. The van der Waals surface area contributed by atoms with Gasteiger partial charge in [0.25, 0.3) is 0 Å². The van der Waals surface area contributed by atoms with Gasteiger partial charge in [-0.05, 0) is 49.4 Å². The first-order valence-electron chi connectivity index (χ1n) is 7.06. The number of fused-ring (bicyclic) bond motifs is 1. The predicted molar refractivity (Wildman–Crippen MR) is 90.2 cm³/mol. The van der Waals surface area contributed by atoms with Gasteiger partial charge < -0.3 is 9.64 Å². The summed E-state index contributed by atoms with van der Waals surface area (Å²) < 4.78 is 5.47. The molecule has 5 heteroatoms. The van der Waals surface area contributed by atoms with Crippen molar-refractivity contribution < 1.29 is 4.74 Å². The molecule has 0 saturated heterocycles. The van der Waals surface area contributed by atoms with Crippen molar-refractivity contribution in [3.63, 3.8) is 0 Å². The molecule has 0 aliphatic rings. The van der Waals surface area contributed by atoms with Crippen molar-refractivity contribution in [1.29, 1.82) is 0 Å². The minimum Gasteiger partial charge on any atom is -0.494 e. The van der Waals surface area contributed by atoms with Crippen molar-refractivity contribution in [2.45, 2.75) is 6.92 Å². The lowest BCUT2D eigenvalue weighted by Gasteiger charge is -2.20. The Balaban J connectivity index is 1.99. The van der Waals surface area contributed by atoms with E-state index in [1.54, 1.807) is 6.33 Å². The first-order valence-corrected chi connectivity index (χ1v) is 7.43. The second-order valence-corrected chi connectivity index (χ2v) is 5.28. The molecule has 2 aromatic carbocycles. The molecule has 22 heavy (non-hydrogen) atoms. The molecule has 0 spiro atoms. The summed E-state index contributed by atoms with van der Waals surface area (Å²) in [5.41, 5.74) is 1.86. The Morgan fingerprint density at radius 3 is 2.59 bits per heavy atom. The minimum absolute atomic E-state index is 0.659. The van der Waals surface area contributed by atoms with Crippen molar-refractivity contribution in [3.05, 3.63) is 53.8 Å². The molecule has 3 aromatic rings. The molecule has 1 aromatic heterocycles. The van der Waals surface area contributed by atoms with Crippen molar-refractivity contribution in [3.8, 4) is 5.75 Å². The standard InChI is InChI=1S/C17H16ClN3O/c1-3-22-14-7-5-13(6-8-14)21(2)17-15-9-4-12(18)10-16(15)19-11-20-17/h4-11H,3H2,1-2H3. The molecule has 112 valence electrons. The highest BCUT2D eigenvalue weighted by Gasteiger charge is 2.10. The van der Waals surface area contributed by atoms with E-state index in [1.807, 2.05) is 61.3 Å². The van der Waals surface area contributed by atoms with Crippen LogP contribution in [-0.4, -0.2) is 23.6 Å². The van der Waals surface area contributed by atoms with Crippen LogP contribution >= 0.6 is 11.6 Å². The molecule has 0 aliphatic heterocycles. The third-order valence-corrected chi connectivity index (χ3v) is 3.67. The van der Waals surface area contributed by atoms with Gasteiger partial charge >= 0.3 is 0 Å². The van der Waals surface area contributed by atoms with Crippen molar-refractivity contribution >= 4 is 34.0 Å². The van der Waals surface area contributed by atoms with Crippen LogP contribution in [0.4, 0.5) is 11.5 Å².